The summed E-state index contributed by atoms with van der Waals surface area (Å²) in [6, 6.07) is 1.55. The standard InChI is InChI=1S/C8H10N4O/c1-2-7(3-9)12-8(13)6-4-10-11-5-6/h4-5,7H,2H2,1H3,(H,10,11)(H,12,13)/t7-/m1/s1. The van der Waals surface area contributed by atoms with Crippen LogP contribution in [0.25, 0.3) is 0 Å². The molecule has 0 bridgehead atoms. The monoisotopic (exact) mass is 178 g/mol. The number of aromatic amines is 1. The smallest absolute Gasteiger partial charge is 0.255 e. The third kappa shape index (κ3) is 2.30. The van der Waals surface area contributed by atoms with Crippen LogP contribution >= 0.6 is 0 Å². The lowest BCUT2D eigenvalue weighted by Crippen LogP contribution is -2.32. The first-order chi connectivity index (χ1) is 6.27. The fraction of sp³-hybridized carbons (Fsp3) is 0.375. The molecule has 13 heavy (non-hydrogen) atoms. The molecular formula is C8H10N4O. The van der Waals surface area contributed by atoms with Crippen molar-refractivity contribution in [1.82, 2.24) is 15.5 Å². The molecule has 0 aliphatic rings. The molecular weight excluding hydrogens is 168 g/mol. The van der Waals surface area contributed by atoms with Crippen LogP contribution in [0.4, 0.5) is 0 Å². The van der Waals surface area contributed by atoms with E-state index in [2.05, 4.69) is 15.5 Å². The molecule has 1 aromatic rings. The van der Waals surface area contributed by atoms with Crippen LogP contribution in [0.5, 0.6) is 0 Å². The minimum atomic E-state index is -0.428. The summed E-state index contributed by atoms with van der Waals surface area (Å²) in [5.41, 5.74) is 0.439. The Balaban J connectivity index is 2.57. The Kier molecular flexibility index (Phi) is 3.03. The molecule has 1 rings (SSSR count). The molecule has 2 N–H and O–H groups in total. The maximum absolute atomic E-state index is 11.3. The van der Waals surface area contributed by atoms with E-state index in [-0.39, 0.29) is 5.91 Å². The molecule has 68 valence electrons. The first kappa shape index (κ1) is 9.26. The topological polar surface area (TPSA) is 81.6 Å². The largest absolute Gasteiger partial charge is 0.336 e. The second kappa shape index (κ2) is 4.26. The van der Waals surface area contributed by atoms with E-state index in [1.807, 2.05) is 13.0 Å². The number of hydrogen-bond donors (Lipinski definition) is 2. The maximum Gasteiger partial charge on any atom is 0.255 e. The Morgan fingerprint density at radius 1 is 1.92 bits per heavy atom. The Morgan fingerprint density at radius 3 is 3.15 bits per heavy atom. The summed E-state index contributed by atoms with van der Waals surface area (Å²) in [5.74, 6) is -0.276. The third-order valence-electron chi connectivity index (χ3n) is 1.63. The lowest BCUT2D eigenvalue weighted by Gasteiger charge is -2.06. The van der Waals surface area contributed by atoms with Gasteiger partial charge in [0.15, 0.2) is 0 Å². The normalized spacial score (nSPS) is 11.7. The van der Waals surface area contributed by atoms with Gasteiger partial charge in [0.1, 0.15) is 6.04 Å². The van der Waals surface area contributed by atoms with Gasteiger partial charge in [-0.15, -0.1) is 0 Å². The highest BCUT2D eigenvalue weighted by atomic mass is 16.1. The number of carbonyl (C=O) groups excluding carboxylic acids is 1. The molecule has 5 nitrogen and oxygen atoms in total. The van der Waals surface area contributed by atoms with Crippen molar-refractivity contribution in [2.45, 2.75) is 19.4 Å². The number of hydrogen-bond acceptors (Lipinski definition) is 3. The Bertz CT molecular complexity index is 311. The van der Waals surface area contributed by atoms with E-state index in [0.29, 0.717) is 12.0 Å². The van der Waals surface area contributed by atoms with Gasteiger partial charge >= 0.3 is 0 Å². The van der Waals surface area contributed by atoms with Crippen LogP contribution in [0.2, 0.25) is 0 Å². The molecule has 1 atom stereocenters. The van der Waals surface area contributed by atoms with Gasteiger partial charge in [0.25, 0.3) is 5.91 Å². The van der Waals surface area contributed by atoms with Crippen molar-refractivity contribution in [1.29, 1.82) is 5.26 Å². The zero-order valence-electron chi connectivity index (χ0n) is 7.24. The minimum Gasteiger partial charge on any atom is -0.336 e. The summed E-state index contributed by atoms with van der Waals surface area (Å²) in [7, 11) is 0. The highest BCUT2D eigenvalue weighted by molar-refractivity contribution is 5.93. The average molecular weight is 178 g/mol. The molecule has 0 fully saturated rings. The van der Waals surface area contributed by atoms with Crippen LogP contribution in [0, 0.1) is 11.3 Å². The fourth-order valence-electron chi connectivity index (χ4n) is 0.842. The van der Waals surface area contributed by atoms with Crippen molar-refractivity contribution in [2.75, 3.05) is 0 Å². The molecule has 0 aliphatic carbocycles. The van der Waals surface area contributed by atoms with Crippen molar-refractivity contribution in [3.63, 3.8) is 0 Å². The van der Waals surface area contributed by atoms with Gasteiger partial charge in [0, 0.05) is 6.20 Å². The summed E-state index contributed by atoms with van der Waals surface area (Å²) in [6.07, 6.45) is 3.50. The summed E-state index contributed by atoms with van der Waals surface area (Å²) in [6.45, 7) is 1.84. The highest BCUT2D eigenvalue weighted by Crippen LogP contribution is 1.96. The molecule has 1 heterocycles. The number of amides is 1. The van der Waals surface area contributed by atoms with Gasteiger partial charge in [-0.3, -0.25) is 9.89 Å². The second-order valence-corrected chi connectivity index (χ2v) is 2.55. The predicted octanol–water partition coefficient (Wildman–Crippen LogP) is 0.442. The number of nitriles is 1. The van der Waals surface area contributed by atoms with E-state index >= 15 is 0 Å². The van der Waals surface area contributed by atoms with Crippen LogP contribution in [0.3, 0.4) is 0 Å². The zero-order valence-corrected chi connectivity index (χ0v) is 7.24. The molecule has 1 amide bonds. The fourth-order valence-corrected chi connectivity index (χ4v) is 0.842. The predicted molar refractivity (Wildman–Crippen MR) is 45.7 cm³/mol. The maximum atomic E-state index is 11.3. The van der Waals surface area contributed by atoms with Crippen LogP contribution in [-0.2, 0) is 0 Å². The molecule has 0 aliphatic heterocycles. The quantitative estimate of drug-likeness (QED) is 0.704. The second-order valence-electron chi connectivity index (χ2n) is 2.55. The number of H-pyrrole nitrogens is 1. The molecule has 0 spiro atoms. The van der Waals surface area contributed by atoms with E-state index < -0.39 is 6.04 Å². The lowest BCUT2D eigenvalue weighted by molar-refractivity contribution is 0.0944. The van der Waals surface area contributed by atoms with E-state index in [9.17, 15) is 4.79 Å². The Hall–Kier alpha value is -1.83. The Labute approximate surface area is 75.8 Å². The third-order valence-corrected chi connectivity index (χ3v) is 1.63. The van der Waals surface area contributed by atoms with Crippen molar-refractivity contribution in [2.24, 2.45) is 0 Å². The van der Waals surface area contributed by atoms with Gasteiger partial charge in [-0.2, -0.15) is 10.4 Å². The molecule has 1 aromatic heterocycles. The lowest BCUT2D eigenvalue weighted by atomic mass is 10.2. The van der Waals surface area contributed by atoms with E-state index in [1.54, 1.807) is 0 Å². The summed E-state index contributed by atoms with van der Waals surface area (Å²) in [5, 5.41) is 17.3. The van der Waals surface area contributed by atoms with Crippen LogP contribution in [0.1, 0.15) is 23.7 Å². The van der Waals surface area contributed by atoms with Crippen molar-refractivity contribution < 1.29 is 4.79 Å². The van der Waals surface area contributed by atoms with E-state index in [0.717, 1.165) is 0 Å². The number of nitrogens with zero attached hydrogens (tertiary/aromatic N) is 2. The number of carbonyl (C=O) groups is 1. The zero-order chi connectivity index (χ0) is 9.68. The summed E-state index contributed by atoms with van der Waals surface area (Å²) in [4.78, 5) is 11.3. The summed E-state index contributed by atoms with van der Waals surface area (Å²) >= 11 is 0. The molecule has 0 saturated carbocycles. The first-order valence-electron chi connectivity index (χ1n) is 3.97. The highest BCUT2D eigenvalue weighted by Gasteiger charge is 2.11. The molecule has 0 radical (unpaired) electrons. The van der Waals surface area contributed by atoms with Gasteiger partial charge in [0.2, 0.25) is 0 Å². The molecule has 0 aromatic carbocycles. The average Bonchev–Trinajstić information content (AvgIpc) is 2.66. The minimum absolute atomic E-state index is 0.276. The van der Waals surface area contributed by atoms with Crippen molar-refractivity contribution >= 4 is 5.91 Å². The van der Waals surface area contributed by atoms with Gasteiger partial charge in [-0.25, -0.2) is 0 Å². The van der Waals surface area contributed by atoms with Gasteiger partial charge in [-0.05, 0) is 6.42 Å². The van der Waals surface area contributed by atoms with Crippen molar-refractivity contribution in [3.05, 3.63) is 18.0 Å². The molecule has 5 heteroatoms. The van der Waals surface area contributed by atoms with Gasteiger partial charge in [-0.1, -0.05) is 6.92 Å². The summed E-state index contributed by atoms with van der Waals surface area (Å²) < 4.78 is 0. The first-order valence-corrected chi connectivity index (χ1v) is 3.97. The van der Waals surface area contributed by atoms with Gasteiger partial charge < -0.3 is 5.32 Å². The van der Waals surface area contributed by atoms with Crippen LogP contribution in [-0.4, -0.2) is 22.1 Å². The van der Waals surface area contributed by atoms with E-state index in [1.165, 1.54) is 12.4 Å². The number of rotatable bonds is 3. The van der Waals surface area contributed by atoms with E-state index in [4.69, 9.17) is 5.26 Å². The van der Waals surface area contributed by atoms with Crippen LogP contribution in [0.15, 0.2) is 12.4 Å². The molecule has 0 unspecified atom stereocenters. The number of aromatic nitrogens is 2. The SMILES string of the molecule is CC[C@H](C#N)NC(=O)c1cn[nH]c1. The van der Waals surface area contributed by atoms with Gasteiger partial charge in [0.05, 0.1) is 17.8 Å². The molecule has 0 saturated heterocycles. The number of nitrogens with one attached hydrogen (secondary N) is 2. The van der Waals surface area contributed by atoms with Crippen LogP contribution < -0.4 is 5.32 Å². The Morgan fingerprint density at radius 2 is 2.69 bits per heavy atom. The van der Waals surface area contributed by atoms with Crippen molar-refractivity contribution in [3.8, 4) is 6.07 Å².